The van der Waals surface area contributed by atoms with E-state index in [2.05, 4.69) is 43.4 Å². The smallest absolute Gasteiger partial charge is 0.0220 e. The van der Waals surface area contributed by atoms with Gasteiger partial charge in [0.15, 0.2) is 0 Å². The van der Waals surface area contributed by atoms with Crippen molar-refractivity contribution in [2.45, 2.75) is 42.8 Å². The van der Waals surface area contributed by atoms with Crippen LogP contribution in [0.4, 0.5) is 0 Å². The molecule has 0 radical (unpaired) electrons. The average molecular weight is 235 g/mol. The second-order valence-electron chi connectivity index (χ2n) is 4.81. The number of nitrogens with one attached hydrogen (secondary N) is 1. The van der Waals surface area contributed by atoms with Crippen molar-refractivity contribution in [3.63, 3.8) is 0 Å². The van der Waals surface area contributed by atoms with E-state index in [4.69, 9.17) is 0 Å². The van der Waals surface area contributed by atoms with Crippen molar-refractivity contribution in [3.05, 3.63) is 29.8 Å². The van der Waals surface area contributed by atoms with E-state index in [1.165, 1.54) is 29.8 Å². The number of thioether (sulfide) groups is 1. The molecule has 1 nitrogen and oxygen atoms in total. The molecule has 0 amide bonds. The summed E-state index contributed by atoms with van der Waals surface area (Å²) in [6, 6.07) is 9.08. The fourth-order valence-corrected chi connectivity index (χ4v) is 3.21. The van der Waals surface area contributed by atoms with Crippen LogP contribution in [0.25, 0.3) is 0 Å². The van der Waals surface area contributed by atoms with Crippen LogP contribution in [0.15, 0.2) is 29.2 Å². The molecular weight excluding hydrogens is 214 g/mol. The van der Waals surface area contributed by atoms with Crippen molar-refractivity contribution in [1.29, 1.82) is 0 Å². The zero-order valence-electron chi connectivity index (χ0n) is 10.2. The Morgan fingerprint density at radius 1 is 1.25 bits per heavy atom. The maximum absolute atomic E-state index is 3.46. The Morgan fingerprint density at radius 2 is 2.00 bits per heavy atom. The topological polar surface area (TPSA) is 12.0 Å². The first-order chi connectivity index (χ1) is 7.75. The molecule has 88 valence electrons. The molecule has 1 fully saturated rings. The zero-order valence-corrected chi connectivity index (χ0v) is 11.0. The average Bonchev–Trinajstić information content (AvgIpc) is 2.31. The van der Waals surface area contributed by atoms with Gasteiger partial charge >= 0.3 is 0 Å². The van der Waals surface area contributed by atoms with Gasteiger partial charge in [0, 0.05) is 16.7 Å². The third-order valence-electron chi connectivity index (χ3n) is 3.10. The number of hydrogen-bond acceptors (Lipinski definition) is 2. The lowest BCUT2D eigenvalue weighted by molar-refractivity contribution is 0.531. The number of benzene rings is 1. The highest BCUT2D eigenvalue weighted by Crippen LogP contribution is 2.28. The lowest BCUT2D eigenvalue weighted by Crippen LogP contribution is -2.31. The van der Waals surface area contributed by atoms with Crippen molar-refractivity contribution in [2.75, 3.05) is 13.1 Å². The molecule has 1 atom stereocenters. The molecule has 1 aliphatic heterocycles. The summed E-state index contributed by atoms with van der Waals surface area (Å²) in [6.07, 6.45) is 2.67. The second-order valence-corrected chi connectivity index (χ2v) is 6.18. The molecule has 1 aliphatic rings. The second kappa shape index (κ2) is 5.74. The Bertz CT molecular complexity index is 312. The van der Waals surface area contributed by atoms with E-state index < -0.39 is 0 Å². The van der Waals surface area contributed by atoms with Gasteiger partial charge in [0.2, 0.25) is 0 Å². The Morgan fingerprint density at radius 3 is 2.56 bits per heavy atom. The van der Waals surface area contributed by atoms with E-state index in [1.807, 2.05) is 11.8 Å². The summed E-state index contributed by atoms with van der Waals surface area (Å²) in [7, 11) is 0. The maximum atomic E-state index is 3.46. The molecule has 0 bridgehead atoms. The molecule has 1 heterocycles. The minimum atomic E-state index is 0.635. The first-order valence-electron chi connectivity index (χ1n) is 6.23. The molecule has 16 heavy (non-hydrogen) atoms. The van der Waals surface area contributed by atoms with E-state index in [-0.39, 0.29) is 0 Å². The third-order valence-corrected chi connectivity index (χ3v) is 4.38. The Hall–Kier alpha value is -0.470. The van der Waals surface area contributed by atoms with Gasteiger partial charge in [-0.25, -0.2) is 0 Å². The molecule has 1 saturated heterocycles. The minimum absolute atomic E-state index is 0.635. The first kappa shape index (κ1) is 12.0. The van der Waals surface area contributed by atoms with E-state index in [1.54, 1.807) is 0 Å². The van der Waals surface area contributed by atoms with Crippen LogP contribution in [-0.2, 0) is 0 Å². The normalized spacial score (nSPS) is 21.3. The number of hydrogen-bond donors (Lipinski definition) is 1. The van der Waals surface area contributed by atoms with Crippen LogP contribution in [0, 0.1) is 0 Å². The number of rotatable bonds is 3. The highest BCUT2D eigenvalue weighted by Gasteiger charge is 2.13. The standard InChI is InChI=1S/C14H21NS/c1-11(2)12-5-7-13(8-6-12)16-14-4-3-9-15-10-14/h5-8,11,14-15H,3-4,9-10H2,1-2H3. The number of piperidine rings is 1. The van der Waals surface area contributed by atoms with E-state index >= 15 is 0 Å². The quantitative estimate of drug-likeness (QED) is 0.858. The van der Waals surface area contributed by atoms with Crippen molar-refractivity contribution in [3.8, 4) is 0 Å². The minimum Gasteiger partial charge on any atom is -0.316 e. The molecule has 2 rings (SSSR count). The molecule has 1 aromatic carbocycles. The molecular formula is C14H21NS. The van der Waals surface area contributed by atoms with Crippen molar-refractivity contribution >= 4 is 11.8 Å². The summed E-state index contributed by atoms with van der Waals surface area (Å²) in [6.45, 7) is 6.85. The Kier molecular flexibility index (Phi) is 4.30. The summed E-state index contributed by atoms with van der Waals surface area (Å²) >= 11 is 2.02. The van der Waals surface area contributed by atoms with Crippen LogP contribution in [-0.4, -0.2) is 18.3 Å². The van der Waals surface area contributed by atoms with Crippen LogP contribution in [0.5, 0.6) is 0 Å². The van der Waals surface area contributed by atoms with Gasteiger partial charge in [0.1, 0.15) is 0 Å². The van der Waals surface area contributed by atoms with Gasteiger partial charge in [-0.1, -0.05) is 26.0 Å². The molecule has 2 heteroatoms. The Labute approximate surface area is 103 Å². The van der Waals surface area contributed by atoms with Gasteiger partial charge in [-0.3, -0.25) is 0 Å². The first-order valence-corrected chi connectivity index (χ1v) is 7.11. The Balaban J connectivity index is 1.93. The summed E-state index contributed by atoms with van der Waals surface area (Å²) in [4.78, 5) is 1.41. The van der Waals surface area contributed by atoms with Crippen LogP contribution in [0.1, 0.15) is 38.2 Å². The van der Waals surface area contributed by atoms with Gasteiger partial charge in [-0.2, -0.15) is 0 Å². The molecule has 0 aromatic heterocycles. The third kappa shape index (κ3) is 3.26. The SMILES string of the molecule is CC(C)c1ccc(SC2CCCNC2)cc1. The van der Waals surface area contributed by atoms with E-state index in [0.29, 0.717) is 5.92 Å². The summed E-state index contributed by atoms with van der Waals surface area (Å²) < 4.78 is 0. The van der Waals surface area contributed by atoms with Gasteiger partial charge in [-0.05, 0) is 43.0 Å². The van der Waals surface area contributed by atoms with E-state index in [0.717, 1.165) is 11.8 Å². The predicted octanol–water partition coefficient (Wildman–Crippen LogP) is 3.65. The molecule has 1 unspecified atom stereocenters. The molecule has 0 aliphatic carbocycles. The summed E-state index contributed by atoms with van der Waals surface area (Å²) in [5.41, 5.74) is 1.44. The van der Waals surface area contributed by atoms with Crippen LogP contribution >= 0.6 is 11.8 Å². The lowest BCUT2D eigenvalue weighted by Gasteiger charge is -2.22. The van der Waals surface area contributed by atoms with Crippen molar-refractivity contribution < 1.29 is 0 Å². The van der Waals surface area contributed by atoms with Gasteiger partial charge < -0.3 is 5.32 Å². The fraction of sp³-hybridized carbons (Fsp3) is 0.571. The fourth-order valence-electron chi connectivity index (χ4n) is 2.04. The van der Waals surface area contributed by atoms with Gasteiger partial charge in [-0.15, -0.1) is 11.8 Å². The van der Waals surface area contributed by atoms with Gasteiger partial charge in [0.25, 0.3) is 0 Å². The van der Waals surface area contributed by atoms with Crippen molar-refractivity contribution in [2.24, 2.45) is 0 Å². The molecule has 1 aromatic rings. The largest absolute Gasteiger partial charge is 0.316 e. The molecule has 1 N–H and O–H groups in total. The molecule has 0 spiro atoms. The van der Waals surface area contributed by atoms with Crippen LogP contribution < -0.4 is 5.32 Å². The lowest BCUT2D eigenvalue weighted by atomic mass is 10.0. The zero-order chi connectivity index (χ0) is 11.4. The van der Waals surface area contributed by atoms with Crippen LogP contribution in [0.3, 0.4) is 0 Å². The van der Waals surface area contributed by atoms with Crippen molar-refractivity contribution in [1.82, 2.24) is 5.32 Å². The van der Waals surface area contributed by atoms with Gasteiger partial charge in [0.05, 0.1) is 0 Å². The maximum Gasteiger partial charge on any atom is 0.0220 e. The predicted molar refractivity (Wildman–Crippen MR) is 72.3 cm³/mol. The van der Waals surface area contributed by atoms with E-state index in [9.17, 15) is 0 Å². The highest BCUT2D eigenvalue weighted by molar-refractivity contribution is 8.00. The summed E-state index contributed by atoms with van der Waals surface area (Å²) in [5.74, 6) is 0.635. The van der Waals surface area contributed by atoms with Crippen LogP contribution in [0.2, 0.25) is 0 Å². The summed E-state index contributed by atoms with van der Waals surface area (Å²) in [5, 5.41) is 4.23. The highest BCUT2D eigenvalue weighted by atomic mass is 32.2. The molecule has 0 saturated carbocycles. The monoisotopic (exact) mass is 235 g/mol.